The molecule has 0 radical (unpaired) electrons. The highest BCUT2D eigenvalue weighted by atomic mass is 16.4. The highest BCUT2D eigenvalue weighted by Gasteiger charge is 2.27. The van der Waals surface area contributed by atoms with Gasteiger partial charge in [-0.3, -0.25) is 4.79 Å². The van der Waals surface area contributed by atoms with Gasteiger partial charge in [-0.25, -0.2) is 0 Å². The van der Waals surface area contributed by atoms with E-state index in [1.807, 2.05) is 0 Å². The van der Waals surface area contributed by atoms with E-state index >= 15 is 0 Å². The summed E-state index contributed by atoms with van der Waals surface area (Å²) in [6, 6.07) is 0. The van der Waals surface area contributed by atoms with Gasteiger partial charge in [0.05, 0.1) is 18.1 Å². The molecule has 5 heteroatoms. The second-order valence-corrected chi connectivity index (χ2v) is 5.02. The van der Waals surface area contributed by atoms with Crippen LogP contribution in [0, 0.1) is 0 Å². The molecule has 0 aliphatic heterocycles. The van der Waals surface area contributed by atoms with Gasteiger partial charge in [0.2, 0.25) is 0 Å². The van der Waals surface area contributed by atoms with Crippen LogP contribution in [0.3, 0.4) is 0 Å². The molecule has 0 amide bonds. The van der Waals surface area contributed by atoms with Gasteiger partial charge in [0, 0.05) is 13.1 Å². The molecule has 1 atom stereocenters. The van der Waals surface area contributed by atoms with Crippen molar-refractivity contribution in [2.75, 3.05) is 13.1 Å². The molecule has 4 N–H and O–H groups in total. The predicted molar refractivity (Wildman–Crippen MR) is 63.8 cm³/mol. The monoisotopic (exact) mass is 245 g/mol. The maximum absolute atomic E-state index is 10.3. The van der Waals surface area contributed by atoms with E-state index in [0.29, 0.717) is 6.54 Å². The van der Waals surface area contributed by atoms with E-state index in [9.17, 15) is 15.0 Å². The second-order valence-electron chi connectivity index (χ2n) is 5.02. The van der Waals surface area contributed by atoms with E-state index in [1.54, 1.807) is 0 Å². The molecule has 0 aromatic carbocycles. The summed E-state index contributed by atoms with van der Waals surface area (Å²) in [7, 11) is 0. The molecule has 1 unspecified atom stereocenters. The summed E-state index contributed by atoms with van der Waals surface area (Å²) in [5.41, 5.74) is -0.681. The average molecular weight is 245 g/mol. The third kappa shape index (κ3) is 6.00. The van der Waals surface area contributed by atoms with E-state index < -0.39 is 17.7 Å². The number of aliphatic hydroxyl groups is 2. The normalized spacial score (nSPS) is 21.8. The van der Waals surface area contributed by atoms with Crippen molar-refractivity contribution in [3.05, 3.63) is 0 Å². The van der Waals surface area contributed by atoms with Gasteiger partial charge in [-0.15, -0.1) is 0 Å². The number of hydrogen-bond donors (Lipinski definition) is 4. The minimum atomic E-state index is -1.01. The maximum atomic E-state index is 10.3. The summed E-state index contributed by atoms with van der Waals surface area (Å²) in [6.45, 7) is 0.651. The fourth-order valence-corrected chi connectivity index (χ4v) is 2.31. The van der Waals surface area contributed by atoms with Crippen molar-refractivity contribution in [3.63, 3.8) is 0 Å². The first-order valence-electron chi connectivity index (χ1n) is 6.35. The molecule has 1 aliphatic carbocycles. The molecule has 100 valence electrons. The number of aliphatic carboxylic acids is 1. The molecule has 1 fully saturated rings. The minimum absolute atomic E-state index is 0.217. The Balaban J connectivity index is 2.21. The van der Waals surface area contributed by atoms with Crippen LogP contribution in [0.15, 0.2) is 0 Å². The molecule has 17 heavy (non-hydrogen) atoms. The van der Waals surface area contributed by atoms with Gasteiger partial charge in [0.1, 0.15) is 0 Å². The van der Waals surface area contributed by atoms with Crippen molar-refractivity contribution in [2.45, 2.75) is 56.7 Å². The van der Waals surface area contributed by atoms with Crippen LogP contribution in [0.1, 0.15) is 44.9 Å². The zero-order valence-electron chi connectivity index (χ0n) is 10.2. The summed E-state index contributed by atoms with van der Waals surface area (Å²) in [6.07, 6.45) is 4.84. The van der Waals surface area contributed by atoms with E-state index in [-0.39, 0.29) is 13.0 Å². The molecule has 0 aromatic heterocycles. The average Bonchev–Trinajstić information content (AvgIpc) is 2.42. The van der Waals surface area contributed by atoms with Crippen molar-refractivity contribution in [1.82, 2.24) is 5.32 Å². The Labute approximate surface area is 102 Å². The Morgan fingerprint density at radius 3 is 2.35 bits per heavy atom. The first-order valence-corrected chi connectivity index (χ1v) is 6.35. The van der Waals surface area contributed by atoms with Crippen LogP contribution >= 0.6 is 0 Å². The second kappa shape index (κ2) is 6.93. The summed E-state index contributed by atoms with van der Waals surface area (Å²) in [4.78, 5) is 10.3. The molecule has 1 rings (SSSR count). The number of carboxylic acid groups (broad SMARTS) is 1. The van der Waals surface area contributed by atoms with Crippen LogP contribution in [0.25, 0.3) is 0 Å². The van der Waals surface area contributed by atoms with Crippen molar-refractivity contribution >= 4 is 5.97 Å². The molecule has 5 nitrogen and oxygen atoms in total. The Kier molecular flexibility index (Phi) is 5.88. The first-order chi connectivity index (χ1) is 8.02. The van der Waals surface area contributed by atoms with Gasteiger partial charge in [-0.2, -0.15) is 0 Å². The van der Waals surface area contributed by atoms with Crippen LogP contribution in [0.5, 0.6) is 0 Å². The van der Waals surface area contributed by atoms with Gasteiger partial charge < -0.3 is 20.6 Å². The summed E-state index contributed by atoms with van der Waals surface area (Å²) in [5, 5.41) is 31.1. The van der Waals surface area contributed by atoms with Crippen LogP contribution in [0.2, 0.25) is 0 Å². The largest absolute Gasteiger partial charge is 0.481 e. The van der Waals surface area contributed by atoms with E-state index in [0.717, 1.165) is 25.7 Å². The number of carbonyl (C=O) groups is 1. The standard InChI is InChI=1S/C12H23NO4/c14-10(7-11(15)16)8-13-9-12(17)5-3-1-2-4-6-12/h10,13-14,17H,1-9H2,(H,15,16). The van der Waals surface area contributed by atoms with E-state index in [4.69, 9.17) is 5.11 Å². The molecular weight excluding hydrogens is 222 g/mol. The first kappa shape index (κ1) is 14.4. The zero-order valence-corrected chi connectivity index (χ0v) is 10.2. The maximum Gasteiger partial charge on any atom is 0.306 e. The van der Waals surface area contributed by atoms with Gasteiger partial charge in [0.15, 0.2) is 0 Å². The lowest BCUT2D eigenvalue weighted by atomic mass is 9.94. The molecule has 0 bridgehead atoms. The molecule has 0 saturated heterocycles. The van der Waals surface area contributed by atoms with Crippen molar-refractivity contribution in [3.8, 4) is 0 Å². The van der Waals surface area contributed by atoms with Crippen molar-refractivity contribution in [1.29, 1.82) is 0 Å². The Hall–Kier alpha value is -0.650. The number of nitrogens with one attached hydrogen (secondary N) is 1. The van der Waals surface area contributed by atoms with Gasteiger partial charge in [-0.1, -0.05) is 25.7 Å². The number of aliphatic hydroxyl groups excluding tert-OH is 1. The summed E-state index contributed by atoms with van der Waals surface area (Å²) >= 11 is 0. The molecule has 0 spiro atoms. The van der Waals surface area contributed by atoms with Gasteiger partial charge in [0.25, 0.3) is 0 Å². The van der Waals surface area contributed by atoms with Crippen LogP contribution in [-0.2, 0) is 4.79 Å². The van der Waals surface area contributed by atoms with E-state index in [2.05, 4.69) is 5.32 Å². The highest BCUT2D eigenvalue weighted by Crippen LogP contribution is 2.26. The molecule has 1 aliphatic rings. The highest BCUT2D eigenvalue weighted by molar-refractivity contribution is 5.67. The van der Waals surface area contributed by atoms with Crippen LogP contribution in [0.4, 0.5) is 0 Å². The Bertz CT molecular complexity index is 237. The fraction of sp³-hybridized carbons (Fsp3) is 0.917. The Morgan fingerprint density at radius 2 is 1.82 bits per heavy atom. The van der Waals surface area contributed by atoms with Crippen molar-refractivity contribution < 1.29 is 20.1 Å². The molecule has 0 heterocycles. The number of rotatable bonds is 6. The van der Waals surface area contributed by atoms with Crippen LogP contribution in [-0.4, -0.2) is 46.1 Å². The minimum Gasteiger partial charge on any atom is -0.481 e. The summed E-state index contributed by atoms with van der Waals surface area (Å²) < 4.78 is 0. The summed E-state index contributed by atoms with van der Waals surface area (Å²) in [5.74, 6) is -1.01. The lowest BCUT2D eigenvalue weighted by Gasteiger charge is -2.27. The Morgan fingerprint density at radius 1 is 1.24 bits per heavy atom. The predicted octanol–water partition coefficient (Wildman–Crippen LogP) is 0.497. The SMILES string of the molecule is O=C(O)CC(O)CNCC1(O)CCCCCC1. The van der Waals surface area contributed by atoms with Gasteiger partial charge >= 0.3 is 5.97 Å². The quantitative estimate of drug-likeness (QED) is 0.512. The number of carboxylic acids is 1. The fourth-order valence-electron chi connectivity index (χ4n) is 2.31. The topological polar surface area (TPSA) is 89.8 Å². The van der Waals surface area contributed by atoms with Gasteiger partial charge in [-0.05, 0) is 12.8 Å². The third-order valence-corrected chi connectivity index (χ3v) is 3.28. The lowest BCUT2D eigenvalue weighted by Crippen LogP contribution is -2.42. The number of hydrogen-bond acceptors (Lipinski definition) is 4. The van der Waals surface area contributed by atoms with E-state index in [1.165, 1.54) is 12.8 Å². The molecule has 0 aromatic rings. The third-order valence-electron chi connectivity index (χ3n) is 3.28. The molecule has 1 saturated carbocycles. The molecular formula is C12H23NO4. The van der Waals surface area contributed by atoms with Crippen LogP contribution < -0.4 is 5.32 Å². The van der Waals surface area contributed by atoms with Crippen molar-refractivity contribution in [2.24, 2.45) is 0 Å². The zero-order chi connectivity index (χ0) is 12.7. The lowest BCUT2D eigenvalue weighted by molar-refractivity contribution is -0.139. The smallest absolute Gasteiger partial charge is 0.306 e.